The zero-order valence-electron chi connectivity index (χ0n) is 10.9. The fourth-order valence-electron chi connectivity index (χ4n) is 1.66. The standard InChI is InChI=1S/C14H23NO2/c1-11(10-16)8-15-9-12(2)13-4-6-14(17-3)7-5-13/h4-7,11-12,15-16H,8-10H2,1-3H3. The summed E-state index contributed by atoms with van der Waals surface area (Å²) in [4.78, 5) is 0. The maximum Gasteiger partial charge on any atom is 0.118 e. The SMILES string of the molecule is COc1ccc(C(C)CNCC(C)CO)cc1. The molecule has 1 aromatic carbocycles. The molecule has 1 rings (SSSR count). The summed E-state index contributed by atoms with van der Waals surface area (Å²) in [5, 5.41) is 12.3. The van der Waals surface area contributed by atoms with E-state index in [0.29, 0.717) is 11.8 Å². The van der Waals surface area contributed by atoms with Gasteiger partial charge in [0.15, 0.2) is 0 Å². The predicted octanol–water partition coefficient (Wildman–Crippen LogP) is 2.02. The first-order valence-corrected chi connectivity index (χ1v) is 6.13. The van der Waals surface area contributed by atoms with Crippen molar-refractivity contribution >= 4 is 0 Å². The van der Waals surface area contributed by atoms with Gasteiger partial charge in [0.1, 0.15) is 5.75 Å². The molecule has 0 fully saturated rings. The third kappa shape index (κ3) is 4.75. The van der Waals surface area contributed by atoms with Crippen LogP contribution in [0.1, 0.15) is 25.3 Å². The Hall–Kier alpha value is -1.06. The van der Waals surface area contributed by atoms with E-state index in [1.165, 1.54) is 5.56 Å². The second-order valence-corrected chi connectivity index (χ2v) is 4.62. The maximum atomic E-state index is 8.92. The molecule has 2 unspecified atom stereocenters. The summed E-state index contributed by atoms with van der Waals surface area (Å²) < 4.78 is 5.13. The third-order valence-corrected chi connectivity index (χ3v) is 2.94. The van der Waals surface area contributed by atoms with Crippen molar-refractivity contribution in [1.82, 2.24) is 5.32 Å². The van der Waals surface area contributed by atoms with Gasteiger partial charge in [-0.15, -0.1) is 0 Å². The van der Waals surface area contributed by atoms with E-state index < -0.39 is 0 Å². The van der Waals surface area contributed by atoms with Crippen LogP contribution in [-0.2, 0) is 0 Å². The molecule has 0 aromatic heterocycles. The van der Waals surface area contributed by atoms with Gasteiger partial charge in [-0.1, -0.05) is 26.0 Å². The number of benzene rings is 1. The van der Waals surface area contributed by atoms with Crippen molar-refractivity contribution in [2.24, 2.45) is 5.92 Å². The van der Waals surface area contributed by atoms with Crippen molar-refractivity contribution in [3.05, 3.63) is 29.8 Å². The van der Waals surface area contributed by atoms with Crippen molar-refractivity contribution in [2.75, 3.05) is 26.8 Å². The van der Waals surface area contributed by atoms with E-state index in [-0.39, 0.29) is 6.61 Å². The molecular formula is C14H23NO2. The number of hydrogen-bond acceptors (Lipinski definition) is 3. The average Bonchev–Trinajstić information content (AvgIpc) is 2.38. The summed E-state index contributed by atoms with van der Waals surface area (Å²) in [6.07, 6.45) is 0. The van der Waals surface area contributed by atoms with E-state index in [2.05, 4.69) is 24.4 Å². The molecule has 0 bridgehead atoms. The van der Waals surface area contributed by atoms with Crippen molar-refractivity contribution < 1.29 is 9.84 Å². The maximum absolute atomic E-state index is 8.92. The molecule has 0 saturated heterocycles. The van der Waals surface area contributed by atoms with E-state index in [9.17, 15) is 0 Å². The van der Waals surface area contributed by atoms with E-state index in [1.54, 1.807) is 7.11 Å². The molecule has 0 amide bonds. The summed E-state index contributed by atoms with van der Waals surface area (Å²) in [6.45, 7) is 6.25. The second-order valence-electron chi connectivity index (χ2n) is 4.62. The summed E-state index contributed by atoms with van der Waals surface area (Å²) in [5.74, 6) is 1.67. The molecule has 17 heavy (non-hydrogen) atoms. The lowest BCUT2D eigenvalue weighted by molar-refractivity contribution is 0.233. The Kier molecular flexibility index (Phi) is 6.01. The smallest absolute Gasteiger partial charge is 0.118 e. The van der Waals surface area contributed by atoms with Gasteiger partial charge in [-0.2, -0.15) is 0 Å². The molecule has 2 atom stereocenters. The Morgan fingerprint density at radius 2 is 1.82 bits per heavy atom. The first-order chi connectivity index (χ1) is 8.17. The van der Waals surface area contributed by atoms with Gasteiger partial charge in [0.25, 0.3) is 0 Å². The Morgan fingerprint density at radius 1 is 1.18 bits per heavy atom. The largest absolute Gasteiger partial charge is 0.497 e. The quantitative estimate of drug-likeness (QED) is 0.762. The fraction of sp³-hybridized carbons (Fsp3) is 0.571. The van der Waals surface area contributed by atoms with Crippen LogP contribution in [-0.4, -0.2) is 31.9 Å². The zero-order chi connectivity index (χ0) is 12.7. The highest BCUT2D eigenvalue weighted by atomic mass is 16.5. The molecule has 3 heteroatoms. The molecule has 0 aliphatic rings. The lowest BCUT2D eigenvalue weighted by atomic mass is 10.0. The molecule has 0 radical (unpaired) electrons. The summed E-state index contributed by atoms with van der Waals surface area (Å²) in [7, 11) is 1.68. The molecular weight excluding hydrogens is 214 g/mol. The Balaban J connectivity index is 2.38. The lowest BCUT2D eigenvalue weighted by Gasteiger charge is -2.15. The van der Waals surface area contributed by atoms with Gasteiger partial charge in [0, 0.05) is 13.2 Å². The number of aliphatic hydroxyl groups is 1. The first-order valence-electron chi connectivity index (χ1n) is 6.13. The van der Waals surface area contributed by atoms with Crippen molar-refractivity contribution in [3.63, 3.8) is 0 Å². The van der Waals surface area contributed by atoms with Gasteiger partial charge >= 0.3 is 0 Å². The van der Waals surface area contributed by atoms with Crippen molar-refractivity contribution in [1.29, 1.82) is 0 Å². The fourth-order valence-corrected chi connectivity index (χ4v) is 1.66. The summed E-state index contributed by atoms with van der Waals surface area (Å²) >= 11 is 0. The number of aliphatic hydroxyl groups excluding tert-OH is 1. The van der Waals surface area contributed by atoms with E-state index in [0.717, 1.165) is 18.8 Å². The number of ether oxygens (including phenoxy) is 1. The molecule has 0 heterocycles. The molecule has 0 spiro atoms. The Bertz CT molecular complexity index is 311. The topological polar surface area (TPSA) is 41.5 Å². The minimum atomic E-state index is 0.240. The minimum absolute atomic E-state index is 0.240. The Morgan fingerprint density at radius 3 is 2.35 bits per heavy atom. The van der Waals surface area contributed by atoms with Gasteiger partial charge in [-0.25, -0.2) is 0 Å². The van der Waals surface area contributed by atoms with Crippen LogP contribution in [0.5, 0.6) is 5.75 Å². The summed E-state index contributed by atoms with van der Waals surface area (Å²) in [6, 6.07) is 8.17. The van der Waals surface area contributed by atoms with Crippen LogP contribution in [0.15, 0.2) is 24.3 Å². The lowest BCUT2D eigenvalue weighted by Crippen LogP contribution is -2.26. The molecule has 1 aromatic rings. The molecule has 0 saturated carbocycles. The van der Waals surface area contributed by atoms with Crippen LogP contribution >= 0.6 is 0 Å². The van der Waals surface area contributed by atoms with Gasteiger partial charge in [-0.3, -0.25) is 0 Å². The van der Waals surface area contributed by atoms with E-state index in [1.807, 2.05) is 19.1 Å². The van der Waals surface area contributed by atoms with Gasteiger partial charge < -0.3 is 15.2 Å². The third-order valence-electron chi connectivity index (χ3n) is 2.94. The molecule has 0 aliphatic carbocycles. The van der Waals surface area contributed by atoms with Gasteiger partial charge in [0.05, 0.1) is 7.11 Å². The molecule has 3 nitrogen and oxygen atoms in total. The highest BCUT2D eigenvalue weighted by Gasteiger charge is 2.06. The van der Waals surface area contributed by atoms with Gasteiger partial charge in [-0.05, 0) is 36.1 Å². The highest BCUT2D eigenvalue weighted by molar-refractivity contribution is 5.29. The second kappa shape index (κ2) is 7.30. The van der Waals surface area contributed by atoms with E-state index in [4.69, 9.17) is 9.84 Å². The van der Waals surface area contributed by atoms with Crippen LogP contribution in [0.2, 0.25) is 0 Å². The minimum Gasteiger partial charge on any atom is -0.497 e. The van der Waals surface area contributed by atoms with E-state index >= 15 is 0 Å². The van der Waals surface area contributed by atoms with Crippen molar-refractivity contribution in [3.8, 4) is 5.75 Å². The van der Waals surface area contributed by atoms with Crippen LogP contribution < -0.4 is 10.1 Å². The zero-order valence-corrected chi connectivity index (χ0v) is 10.9. The number of rotatable bonds is 7. The molecule has 2 N–H and O–H groups in total. The first kappa shape index (κ1) is 14.0. The number of methoxy groups -OCH3 is 1. The van der Waals surface area contributed by atoms with Crippen LogP contribution in [0.3, 0.4) is 0 Å². The van der Waals surface area contributed by atoms with Gasteiger partial charge in [0.2, 0.25) is 0 Å². The van der Waals surface area contributed by atoms with Crippen LogP contribution in [0, 0.1) is 5.92 Å². The molecule has 96 valence electrons. The Labute approximate surface area is 104 Å². The highest BCUT2D eigenvalue weighted by Crippen LogP contribution is 2.18. The predicted molar refractivity (Wildman–Crippen MR) is 70.5 cm³/mol. The van der Waals surface area contributed by atoms with Crippen LogP contribution in [0.4, 0.5) is 0 Å². The monoisotopic (exact) mass is 237 g/mol. The average molecular weight is 237 g/mol. The number of hydrogen-bond donors (Lipinski definition) is 2. The van der Waals surface area contributed by atoms with Crippen LogP contribution in [0.25, 0.3) is 0 Å². The number of nitrogens with one attached hydrogen (secondary N) is 1. The van der Waals surface area contributed by atoms with Crippen molar-refractivity contribution in [2.45, 2.75) is 19.8 Å². The molecule has 0 aliphatic heterocycles. The summed E-state index contributed by atoms with van der Waals surface area (Å²) in [5.41, 5.74) is 1.30. The normalized spacial score (nSPS) is 14.4.